The molecule has 7 nitrogen and oxygen atoms in total. The fourth-order valence-corrected chi connectivity index (χ4v) is 4.92. The maximum atomic E-state index is 12.7. The van der Waals surface area contributed by atoms with Crippen LogP contribution in [-0.2, 0) is 0 Å². The van der Waals surface area contributed by atoms with Crippen LogP contribution in [0.25, 0.3) is 0 Å². The number of carbonyl (C=O) groups is 1. The Morgan fingerprint density at radius 1 is 1.16 bits per heavy atom. The summed E-state index contributed by atoms with van der Waals surface area (Å²) in [5, 5.41) is 7.60. The number of aromatic nitrogens is 2. The zero-order valence-electron chi connectivity index (χ0n) is 19.0. The fraction of sp³-hybridized carbons (Fsp3) is 0.583. The number of hydrazine groups is 1. The molecule has 0 spiro atoms. The molecule has 0 aliphatic carbocycles. The Morgan fingerprint density at radius 2 is 1.90 bits per heavy atom. The van der Waals surface area contributed by atoms with Gasteiger partial charge in [0, 0.05) is 43.3 Å². The predicted molar refractivity (Wildman–Crippen MR) is 124 cm³/mol. The number of likely N-dealkylation sites (tertiary alicyclic amines) is 1. The zero-order valence-corrected chi connectivity index (χ0v) is 19.0. The maximum Gasteiger partial charge on any atom is 0.257 e. The summed E-state index contributed by atoms with van der Waals surface area (Å²) in [6.07, 6.45) is 6.30. The first-order valence-electron chi connectivity index (χ1n) is 11.6. The highest BCUT2D eigenvalue weighted by Gasteiger charge is 2.29. The lowest BCUT2D eigenvalue weighted by Gasteiger charge is -2.34. The van der Waals surface area contributed by atoms with Crippen molar-refractivity contribution in [3.63, 3.8) is 0 Å². The van der Waals surface area contributed by atoms with Crippen LogP contribution in [0.4, 0.5) is 5.82 Å². The Hall–Kier alpha value is -2.22. The predicted octanol–water partition coefficient (Wildman–Crippen LogP) is 3.36. The highest BCUT2D eigenvalue weighted by Crippen LogP contribution is 2.26. The first-order chi connectivity index (χ1) is 15.0. The van der Waals surface area contributed by atoms with Crippen molar-refractivity contribution < 1.29 is 4.79 Å². The number of rotatable bonds is 7. The van der Waals surface area contributed by atoms with Crippen molar-refractivity contribution in [3.05, 3.63) is 47.7 Å². The van der Waals surface area contributed by atoms with Crippen LogP contribution in [0, 0.1) is 12.8 Å². The van der Waals surface area contributed by atoms with Gasteiger partial charge in [-0.15, -0.1) is 0 Å². The molecular weight excluding hydrogens is 388 g/mol. The van der Waals surface area contributed by atoms with Crippen LogP contribution in [0.3, 0.4) is 0 Å². The molecule has 7 heteroatoms. The van der Waals surface area contributed by atoms with Crippen molar-refractivity contribution in [1.29, 1.82) is 0 Å². The van der Waals surface area contributed by atoms with Gasteiger partial charge in [0.05, 0.1) is 12.2 Å². The third-order valence-electron chi connectivity index (χ3n) is 6.50. The van der Waals surface area contributed by atoms with Gasteiger partial charge in [-0.05, 0) is 50.2 Å². The van der Waals surface area contributed by atoms with Gasteiger partial charge in [0.25, 0.3) is 5.91 Å². The summed E-state index contributed by atoms with van der Waals surface area (Å²) in [7, 11) is 0. The molecule has 1 aromatic heterocycles. The molecule has 3 N–H and O–H groups in total. The number of piperidine rings is 1. The molecule has 1 amide bonds. The molecule has 0 radical (unpaired) electrons. The van der Waals surface area contributed by atoms with E-state index in [0.29, 0.717) is 23.7 Å². The van der Waals surface area contributed by atoms with Gasteiger partial charge >= 0.3 is 0 Å². The number of anilines is 1. The molecule has 2 saturated heterocycles. The van der Waals surface area contributed by atoms with E-state index in [2.05, 4.69) is 40.0 Å². The monoisotopic (exact) mass is 424 g/mol. The van der Waals surface area contributed by atoms with E-state index >= 15 is 0 Å². The Bertz CT molecular complexity index is 870. The van der Waals surface area contributed by atoms with Gasteiger partial charge in [0.15, 0.2) is 0 Å². The van der Waals surface area contributed by atoms with Crippen LogP contribution in [0.5, 0.6) is 0 Å². The summed E-state index contributed by atoms with van der Waals surface area (Å²) >= 11 is 0. The number of carbonyl (C=O) groups excluding carboxylic acids is 1. The van der Waals surface area contributed by atoms with Crippen molar-refractivity contribution in [2.75, 3.05) is 25.0 Å². The molecule has 1 aromatic carbocycles. The average molecular weight is 425 g/mol. The molecule has 2 atom stereocenters. The molecule has 168 valence electrons. The average Bonchev–Trinajstić information content (AvgIpc) is 3.38. The summed E-state index contributed by atoms with van der Waals surface area (Å²) in [6.45, 7) is 9.73. The van der Waals surface area contributed by atoms with Crippen LogP contribution < -0.4 is 16.2 Å². The Balaban J connectivity index is 1.29. The summed E-state index contributed by atoms with van der Waals surface area (Å²) < 4.78 is 2.00. The second kappa shape index (κ2) is 9.94. The van der Waals surface area contributed by atoms with Gasteiger partial charge < -0.3 is 10.2 Å². The summed E-state index contributed by atoms with van der Waals surface area (Å²) in [4.78, 5) is 15.3. The summed E-state index contributed by atoms with van der Waals surface area (Å²) in [6, 6.07) is 11.0. The molecular formula is C24H36N6O. The van der Waals surface area contributed by atoms with Gasteiger partial charge in [0.1, 0.15) is 5.82 Å². The van der Waals surface area contributed by atoms with E-state index < -0.39 is 0 Å². The van der Waals surface area contributed by atoms with Gasteiger partial charge in [0.2, 0.25) is 0 Å². The SMILES string of the molecule is Cc1ccccc1C(=O)Nc1ccnn1C1CCN(CC2CC(CC(C)C)NN2)CC1. The highest BCUT2D eigenvalue weighted by molar-refractivity contribution is 6.04. The molecule has 0 saturated carbocycles. The highest BCUT2D eigenvalue weighted by atomic mass is 16.1. The molecule has 2 aliphatic heterocycles. The Kier molecular flexibility index (Phi) is 7.05. The normalized spacial score (nSPS) is 22.8. The second-order valence-electron chi connectivity index (χ2n) is 9.51. The number of nitrogens with one attached hydrogen (secondary N) is 3. The molecule has 2 aliphatic rings. The number of nitrogens with zero attached hydrogens (tertiary/aromatic N) is 3. The largest absolute Gasteiger partial charge is 0.307 e. The van der Waals surface area contributed by atoms with Crippen LogP contribution in [0.2, 0.25) is 0 Å². The van der Waals surface area contributed by atoms with Crippen molar-refractivity contribution in [1.82, 2.24) is 25.5 Å². The van der Waals surface area contributed by atoms with Crippen LogP contribution in [-0.4, -0.2) is 52.3 Å². The Morgan fingerprint density at radius 3 is 2.65 bits per heavy atom. The van der Waals surface area contributed by atoms with Crippen molar-refractivity contribution >= 4 is 11.7 Å². The van der Waals surface area contributed by atoms with Crippen molar-refractivity contribution in [2.24, 2.45) is 5.92 Å². The topological polar surface area (TPSA) is 74.2 Å². The van der Waals surface area contributed by atoms with Gasteiger partial charge in [-0.2, -0.15) is 5.10 Å². The number of aryl methyl sites for hydroxylation is 1. The third kappa shape index (κ3) is 5.53. The smallest absolute Gasteiger partial charge is 0.257 e. The van der Waals surface area contributed by atoms with Gasteiger partial charge in [-0.25, -0.2) is 4.68 Å². The lowest BCUT2D eigenvalue weighted by atomic mass is 9.99. The molecule has 0 bridgehead atoms. The molecule has 2 unspecified atom stereocenters. The van der Waals surface area contributed by atoms with E-state index in [1.165, 1.54) is 12.8 Å². The van der Waals surface area contributed by atoms with Crippen molar-refractivity contribution in [2.45, 2.75) is 64.6 Å². The minimum Gasteiger partial charge on any atom is -0.307 e. The van der Waals surface area contributed by atoms with E-state index in [1.54, 1.807) is 6.20 Å². The van der Waals surface area contributed by atoms with Crippen LogP contribution in [0.1, 0.15) is 61.5 Å². The summed E-state index contributed by atoms with van der Waals surface area (Å²) in [5.74, 6) is 1.43. The van der Waals surface area contributed by atoms with E-state index in [4.69, 9.17) is 0 Å². The lowest BCUT2D eigenvalue weighted by Crippen LogP contribution is -2.44. The number of amides is 1. The van der Waals surface area contributed by atoms with Gasteiger partial charge in [-0.1, -0.05) is 32.0 Å². The lowest BCUT2D eigenvalue weighted by molar-refractivity contribution is 0.102. The molecule has 2 fully saturated rings. The first-order valence-corrected chi connectivity index (χ1v) is 11.6. The molecule has 4 rings (SSSR count). The summed E-state index contributed by atoms with van der Waals surface area (Å²) in [5.41, 5.74) is 8.65. The fourth-order valence-electron chi connectivity index (χ4n) is 4.92. The quantitative estimate of drug-likeness (QED) is 0.636. The first kappa shape index (κ1) is 22.0. The standard InChI is InChI=1S/C24H36N6O/c1-17(2)14-19-15-20(28-27-19)16-29-12-9-21(10-13-29)30-23(8-11-25-30)26-24(31)22-7-5-4-6-18(22)3/h4-8,11,17,19-21,27-28H,9-10,12-16H2,1-3H3,(H,26,31). The third-order valence-corrected chi connectivity index (χ3v) is 6.50. The molecule has 2 aromatic rings. The number of hydrogen-bond acceptors (Lipinski definition) is 5. The molecule has 3 heterocycles. The minimum absolute atomic E-state index is 0.0759. The van der Waals surface area contributed by atoms with Gasteiger partial charge in [-0.3, -0.25) is 15.6 Å². The maximum absolute atomic E-state index is 12.7. The van der Waals surface area contributed by atoms with Crippen LogP contribution >= 0.6 is 0 Å². The zero-order chi connectivity index (χ0) is 21.8. The van der Waals surface area contributed by atoms with E-state index in [1.807, 2.05) is 41.9 Å². The van der Waals surface area contributed by atoms with E-state index in [-0.39, 0.29) is 5.91 Å². The van der Waals surface area contributed by atoms with E-state index in [0.717, 1.165) is 49.8 Å². The van der Waals surface area contributed by atoms with E-state index in [9.17, 15) is 4.79 Å². The number of hydrogen-bond donors (Lipinski definition) is 3. The Labute approximate surface area is 185 Å². The molecule has 31 heavy (non-hydrogen) atoms. The minimum atomic E-state index is -0.0759. The number of benzene rings is 1. The second-order valence-corrected chi connectivity index (χ2v) is 9.51. The van der Waals surface area contributed by atoms with Crippen molar-refractivity contribution in [3.8, 4) is 0 Å². The van der Waals surface area contributed by atoms with Crippen LogP contribution in [0.15, 0.2) is 36.5 Å².